The molecular weight excluding hydrogens is 710 g/mol. The highest BCUT2D eigenvalue weighted by molar-refractivity contribution is 5.75. The molecule has 0 aliphatic carbocycles. The number of nitrogens with zero attached hydrogens (tertiary/aromatic N) is 1. The minimum Gasteiger partial charge on any atom is -0.394 e. The Hall–Kier alpha value is -2.83. The fourth-order valence-electron chi connectivity index (χ4n) is 5.52. The number of nitrogens with one attached hydrogen (secondary N) is 6. The molecule has 52 heavy (non-hydrogen) atoms. The number of carbonyl (C=O) groups excluding carboxylic acids is 3. The van der Waals surface area contributed by atoms with Crippen molar-refractivity contribution in [2.24, 2.45) is 0 Å². The van der Waals surface area contributed by atoms with Crippen LogP contribution in [-0.2, 0) is 14.2 Å². The SMILES string of the molecule is O=C(NCCN(CCNC(=O)N[C@H]1O[C@H](CO)[C@@H](O)[C@H](O)[C@H]1O)CCNC(=O)N[C@H]1O[C@H](CO)[C@@H](O)[C@H](O)[C@H]1O)N[C@H]1O[C@H](CO)[C@@H](O)[C@H](O)[C@H]1O. The van der Waals surface area contributed by atoms with E-state index in [9.17, 15) is 75.7 Å². The van der Waals surface area contributed by atoms with Gasteiger partial charge in [0, 0.05) is 39.3 Å². The van der Waals surface area contributed by atoms with Crippen LogP contribution in [0.1, 0.15) is 0 Å². The summed E-state index contributed by atoms with van der Waals surface area (Å²) in [6.07, 6.45) is -23.4. The largest absolute Gasteiger partial charge is 0.394 e. The molecule has 15 atom stereocenters. The molecule has 25 nitrogen and oxygen atoms in total. The first-order valence-electron chi connectivity index (χ1n) is 16.4. The van der Waals surface area contributed by atoms with Gasteiger partial charge in [-0.2, -0.15) is 0 Å². The quantitative estimate of drug-likeness (QED) is 0.0736. The van der Waals surface area contributed by atoms with Crippen LogP contribution < -0.4 is 31.9 Å². The van der Waals surface area contributed by atoms with Gasteiger partial charge < -0.3 is 107 Å². The number of rotatable bonds is 15. The Kier molecular flexibility index (Phi) is 17.2. The Morgan fingerprint density at radius 1 is 0.423 bits per heavy atom. The zero-order chi connectivity index (χ0) is 38.7. The van der Waals surface area contributed by atoms with Crippen molar-refractivity contribution < 1.29 is 89.9 Å². The molecule has 3 saturated heterocycles. The Bertz CT molecular complexity index is 996. The third-order valence-electron chi connectivity index (χ3n) is 8.64. The maximum Gasteiger partial charge on any atom is 0.316 e. The number of urea groups is 3. The molecule has 3 rings (SSSR count). The number of amides is 6. The third kappa shape index (κ3) is 11.6. The summed E-state index contributed by atoms with van der Waals surface area (Å²) in [5.74, 6) is 0. The van der Waals surface area contributed by atoms with Gasteiger partial charge in [-0.1, -0.05) is 0 Å². The summed E-state index contributed by atoms with van der Waals surface area (Å²) in [6.45, 7) is -2.10. The van der Waals surface area contributed by atoms with Crippen molar-refractivity contribution >= 4 is 18.1 Å². The number of ether oxygens (including phenoxy) is 3. The van der Waals surface area contributed by atoms with E-state index in [0.29, 0.717) is 0 Å². The summed E-state index contributed by atoms with van der Waals surface area (Å²) in [4.78, 5) is 39.2. The number of aliphatic hydroxyl groups is 12. The van der Waals surface area contributed by atoms with E-state index in [-0.39, 0.29) is 39.3 Å². The van der Waals surface area contributed by atoms with E-state index in [1.165, 1.54) is 0 Å². The number of hydrogen-bond acceptors (Lipinski definition) is 19. The van der Waals surface area contributed by atoms with Crippen molar-refractivity contribution in [2.75, 3.05) is 59.1 Å². The molecule has 302 valence electrons. The molecule has 0 saturated carbocycles. The summed E-state index contributed by atoms with van der Waals surface area (Å²) in [5.41, 5.74) is 0. The van der Waals surface area contributed by atoms with Crippen molar-refractivity contribution in [2.45, 2.75) is 91.9 Å². The van der Waals surface area contributed by atoms with Crippen molar-refractivity contribution in [3.63, 3.8) is 0 Å². The molecule has 0 spiro atoms. The average molecular weight is 762 g/mol. The van der Waals surface area contributed by atoms with Crippen LogP contribution in [0.4, 0.5) is 14.4 Å². The van der Waals surface area contributed by atoms with Gasteiger partial charge in [-0.3, -0.25) is 4.90 Å². The van der Waals surface area contributed by atoms with Gasteiger partial charge in [-0.05, 0) is 0 Å². The van der Waals surface area contributed by atoms with Crippen molar-refractivity contribution in [1.82, 2.24) is 36.8 Å². The van der Waals surface area contributed by atoms with Crippen molar-refractivity contribution in [3.05, 3.63) is 0 Å². The lowest BCUT2D eigenvalue weighted by Crippen LogP contribution is -2.64. The third-order valence-corrected chi connectivity index (χ3v) is 8.64. The molecule has 0 bridgehead atoms. The maximum atomic E-state index is 12.5. The smallest absolute Gasteiger partial charge is 0.316 e. The van der Waals surface area contributed by atoms with Crippen LogP contribution in [0.2, 0.25) is 0 Å². The van der Waals surface area contributed by atoms with Gasteiger partial charge in [-0.15, -0.1) is 0 Å². The minimum atomic E-state index is -1.72. The monoisotopic (exact) mass is 761 g/mol. The van der Waals surface area contributed by atoms with Crippen LogP contribution >= 0.6 is 0 Å². The second-order valence-electron chi connectivity index (χ2n) is 12.3. The highest BCUT2D eigenvalue weighted by Gasteiger charge is 2.46. The highest BCUT2D eigenvalue weighted by atomic mass is 16.6. The fourth-order valence-corrected chi connectivity index (χ4v) is 5.52. The molecule has 0 aromatic heterocycles. The molecule has 0 radical (unpaired) electrons. The van der Waals surface area contributed by atoms with Crippen LogP contribution in [0.15, 0.2) is 0 Å². The number of aliphatic hydroxyl groups excluding tert-OH is 12. The lowest BCUT2D eigenvalue weighted by Gasteiger charge is -2.40. The number of carbonyl (C=O) groups is 3. The summed E-state index contributed by atoms with van der Waals surface area (Å²) in [7, 11) is 0. The molecule has 0 aromatic rings. The zero-order valence-electron chi connectivity index (χ0n) is 27.8. The van der Waals surface area contributed by atoms with Crippen LogP contribution in [0.3, 0.4) is 0 Å². The minimum absolute atomic E-state index is 0.0720. The predicted molar refractivity (Wildman–Crippen MR) is 167 cm³/mol. The van der Waals surface area contributed by atoms with Gasteiger partial charge in [0.2, 0.25) is 0 Å². The molecule has 18 N–H and O–H groups in total. The lowest BCUT2D eigenvalue weighted by molar-refractivity contribution is -0.233. The fraction of sp³-hybridized carbons (Fsp3) is 0.889. The summed E-state index contributed by atoms with van der Waals surface area (Å²) in [5, 5.41) is 132. The molecular formula is C27H51N7O18. The lowest BCUT2D eigenvalue weighted by atomic mass is 9.98. The van der Waals surface area contributed by atoms with Crippen molar-refractivity contribution in [1.29, 1.82) is 0 Å². The van der Waals surface area contributed by atoms with E-state index in [1.807, 2.05) is 0 Å². The zero-order valence-corrected chi connectivity index (χ0v) is 27.8. The Balaban J connectivity index is 1.52. The maximum absolute atomic E-state index is 12.5. The van der Waals surface area contributed by atoms with E-state index in [2.05, 4.69) is 31.9 Å². The summed E-state index contributed by atoms with van der Waals surface area (Å²) < 4.78 is 15.7. The second kappa shape index (κ2) is 20.6. The van der Waals surface area contributed by atoms with Crippen molar-refractivity contribution in [3.8, 4) is 0 Å². The average Bonchev–Trinajstić information content (AvgIpc) is 3.12. The topological polar surface area (TPSA) is 397 Å². The first kappa shape index (κ1) is 43.6. The molecule has 25 heteroatoms. The standard InChI is InChI=1S/C27H51N7O18/c35-7-10-13(38)16(41)19(44)22(50-10)31-25(47)28-1-4-34(5-2-29-26(48)32-23-20(45)17(42)14(39)11(8-36)51-23)6-3-30-27(49)33-24-21(46)18(43)15(40)12(9-37)52-24/h10-24,35-46H,1-9H2,(H2,28,31,47)(H2,29,32,48)(H2,30,33,49)/t10-,11-,12-,13-,14-,15-,16+,17+,18+,19-,20-,21-,22+,23+,24+/m1/s1. The molecule has 3 heterocycles. The number of hydrogen-bond donors (Lipinski definition) is 18. The van der Waals surface area contributed by atoms with Crippen LogP contribution in [0.5, 0.6) is 0 Å². The van der Waals surface area contributed by atoms with Gasteiger partial charge in [0.05, 0.1) is 19.8 Å². The van der Waals surface area contributed by atoms with E-state index >= 15 is 0 Å². The predicted octanol–water partition coefficient (Wildman–Crippen LogP) is -10.4. The van der Waals surface area contributed by atoms with Crippen LogP contribution in [-0.4, -0.2) is 235 Å². The van der Waals surface area contributed by atoms with E-state index in [0.717, 1.165) is 0 Å². The molecule has 0 unspecified atom stereocenters. The Morgan fingerprint density at radius 2 is 0.673 bits per heavy atom. The van der Waals surface area contributed by atoms with Gasteiger partial charge in [-0.25, -0.2) is 14.4 Å². The normalized spacial score (nSPS) is 37.9. The molecule has 3 aliphatic rings. The summed E-state index contributed by atoms with van der Waals surface area (Å²) in [6, 6.07) is -2.59. The van der Waals surface area contributed by atoms with Crippen LogP contribution in [0.25, 0.3) is 0 Å². The van der Waals surface area contributed by atoms with Gasteiger partial charge in [0.15, 0.2) is 18.7 Å². The molecule has 0 aromatic carbocycles. The van der Waals surface area contributed by atoms with E-state index < -0.39 is 130 Å². The van der Waals surface area contributed by atoms with Gasteiger partial charge >= 0.3 is 18.1 Å². The second-order valence-corrected chi connectivity index (χ2v) is 12.3. The first-order chi connectivity index (χ1) is 24.6. The first-order valence-corrected chi connectivity index (χ1v) is 16.4. The molecule has 3 aliphatic heterocycles. The highest BCUT2D eigenvalue weighted by Crippen LogP contribution is 2.21. The van der Waals surface area contributed by atoms with Crippen LogP contribution in [0, 0.1) is 0 Å². The Morgan fingerprint density at radius 3 is 0.904 bits per heavy atom. The summed E-state index contributed by atoms with van der Waals surface area (Å²) >= 11 is 0. The van der Waals surface area contributed by atoms with E-state index in [4.69, 9.17) is 14.2 Å². The molecule has 3 fully saturated rings. The van der Waals surface area contributed by atoms with E-state index in [1.54, 1.807) is 4.90 Å². The van der Waals surface area contributed by atoms with Gasteiger partial charge in [0.1, 0.15) is 73.2 Å². The molecule has 6 amide bonds. The van der Waals surface area contributed by atoms with Gasteiger partial charge in [0.25, 0.3) is 0 Å². The Labute approximate surface area is 296 Å².